The van der Waals surface area contributed by atoms with Gasteiger partial charge >= 0.3 is 5.51 Å². The molecule has 2 nitrogen and oxygen atoms in total. The van der Waals surface area contributed by atoms with Crippen molar-refractivity contribution in [2.45, 2.75) is 44.5 Å². The van der Waals surface area contributed by atoms with Crippen LogP contribution in [0.1, 0.15) is 49.4 Å². The third-order valence-electron chi connectivity index (χ3n) is 3.24. The van der Waals surface area contributed by atoms with E-state index in [-0.39, 0.29) is 47.3 Å². The molecule has 1 aromatic carbocycles. The molecule has 0 fully saturated rings. The molecule has 0 amide bonds. The zero-order valence-electron chi connectivity index (χ0n) is 13.1. The number of hydrogen-bond acceptors (Lipinski definition) is 3. The number of rotatable bonds is 8. The molecule has 0 radical (unpaired) electrons. The van der Waals surface area contributed by atoms with Crippen LogP contribution >= 0.6 is 27.7 Å². The summed E-state index contributed by atoms with van der Waals surface area (Å²) >= 11 is 3.03. The predicted molar refractivity (Wildman–Crippen MR) is 93.5 cm³/mol. The molecule has 0 aliphatic heterocycles. The third kappa shape index (κ3) is 7.54. The number of carbonyl (C=O) groups excluding carboxylic acids is 1. The normalized spacial score (nSPS) is 12.5. The summed E-state index contributed by atoms with van der Waals surface area (Å²) in [6.45, 7) is 1.87. The number of nitrogens with zero attached hydrogens (tertiary/aromatic N) is 1. The van der Waals surface area contributed by atoms with Crippen molar-refractivity contribution >= 4 is 33.5 Å². The van der Waals surface area contributed by atoms with Gasteiger partial charge in [0.15, 0.2) is 5.78 Å². The lowest BCUT2D eigenvalue weighted by Crippen LogP contribution is -2.04. The number of alkyl halides is 3. The largest absolute Gasteiger partial charge is 0.446 e. The minimum Gasteiger partial charge on any atom is -0.294 e. The zero-order valence-corrected chi connectivity index (χ0v) is 15.5. The zero-order chi connectivity index (χ0) is 18.2. The Morgan fingerprint density at radius 1 is 1.21 bits per heavy atom. The molecule has 1 rings (SSSR count). The molecular formula is C17H17BrF3NOS. The van der Waals surface area contributed by atoms with Crippen LogP contribution in [0.5, 0.6) is 0 Å². The van der Waals surface area contributed by atoms with Gasteiger partial charge in [-0.1, -0.05) is 41.4 Å². The summed E-state index contributed by atoms with van der Waals surface area (Å²) in [5.74, 6) is -0.192. The molecule has 0 aliphatic rings. The summed E-state index contributed by atoms with van der Waals surface area (Å²) in [6.07, 6.45) is 1.55. The smallest absolute Gasteiger partial charge is 0.294 e. The highest BCUT2D eigenvalue weighted by molar-refractivity contribution is 9.10. The van der Waals surface area contributed by atoms with E-state index in [0.717, 1.165) is 10.9 Å². The highest BCUT2D eigenvalue weighted by Crippen LogP contribution is 2.40. The summed E-state index contributed by atoms with van der Waals surface area (Å²) in [4.78, 5) is 12.1. The molecule has 0 saturated heterocycles. The van der Waals surface area contributed by atoms with E-state index in [1.807, 2.05) is 13.0 Å². The molecule has 0 aromatic heterocycles. The maximum atomic E-state index is 12.7. The number of carbonyl (C=O) groups is 1. The molecule has 0 bridgehead atoms. The van der Waals surface area contributed by atoms with Gasteiger partial charge < -0.3 is 0 Å². The fourth-order valence-corrected chi connectivity index (χ4v) is 3.08. The Morgan fingerprint density at radius 3 is 2.33 bits per heavy atom. The van der Waals surface area contributed by atoms with Crippen LogP contribution in [0.15, 0.2) is 39.2 Å². The van der Waals surface area contributed by atoms with Gasteiger partial charge in [-0.3, -0.25) is 4.79 Å². The summed E-state index contributed by atoms with van der Waals surface area (Å²) in [5.41, 5.74) is -3.90. The molecule has 0 atom stereocenters. The molecular weight excluding hydrogens is 403 g/mol. The molecule has 0 unspecified atom stereocenters. The van der Waals surface area contributed by atoms with E-state index in [2.05, 4.69) is 15.9 Å². The number of hydrogen-bond donors (Lipinski definition) is 0. The maximum Gasteiger partial charge on any atom is 0.446 e. The third-order valence-corrected chi connectivity index (χ3v) is 4.69. The summed E-state index contributed by atoms with van der Waals surface area (Å²) in [5, 5.41) is 9.21. The van der Waals surface area contributed by atoms with E-state index in [9.17, 15) is 23.2 Å². The van der Waals surface area contributed by atoms with Crippen molar-refractivity contribution in [1.82, 2.24) is 0 Å². The average Bonchev–Trinajstić information content (AvgIpc) is 2.52. The van der Waals surface area contributed by atoms with Crippen molar-refractivity contribution in [2.75, 3.05) is 0 Å². The van der Waals surface area contributed by atoms with Gasteiger partial charge in [0, 0.05) is 26.9 Å². The van der Waals surface area contributed by atoms with Crippen LogP contribution in [-0.4, -0.2) is 11.3 Å². The molecule has 1 aromatic rings. The molecule has 0 heterocycles. The second-order valence-corrected chi connectivity index (χ2v) is 7.17. The lowest BCUT2D eigenvalue weighted by molar-refractivity contribution is -0.0322. The molecule has 0 saturated carbocycles. The fraction of sp³-hybridized carbons (Fsp3) is 0.412. The van der Waals surface area contributed by atoms with Gasteiger partial charge in [0.2, 0.25) is 0 Å². The lowest BCUT2D eigenvalue weighted by Gasteiger charge is -2.12. The Bertz CT molecular complexity index is 633. The van der Waals surface area contributed by atoms with Gasteiger partial charge in [-0.15, -0.1) is 0 Å². The Balaban J connectivity index is 2.85. The molecule has 24 heavy (non-hydrogen) atoms. The SMILES string of the molecule is CCCC/C(SC(F)(F)F)=C(\C#N)CCC(=O)c1ccc(Br)cc1. The molecule has 7 heteroatoms. The second-order valence-electron chi connectivity index (χ2n) is 5.09. The van der Waals surface area contributed by atoms with Crippen molar-refractivity contribution in [2.24, 2.45) is 0 Å². The van der Waals surface area contributed by atoms with Crippen LogP contribution in [0.3, 0.4) is 0 Å². The van der Waals surface area contributed by atoms with Crippen LogP contribution < -0.4 is 0 Å². The van der Waals surface area contributed by atoms with Gasteiger partial charge in [-0.05, 0) is 43.2 Å². The summed E-state index contributed by atoms with van der Waals surface area (Å²) < 4.78 is 38.9. The first kappa shape index (κ1) is 20.8. The number of nitriles is 1. The molecule has 0 N–H and O–H groups in total. The van der Waals surface area contributed by atoms with Crippen molar-refractivity contribution < 1.29 is 18.0 Å². The average molecular weight is 420 g/mol. The van der Waals surface area contributed by atoms with Crippen LogP contribution in [0, 0.1) is 11.3 Å². The van der Waals surface area contributed by atoms with E-state index in [0.29, 0.717) is 12.0 Å². The number of benzene rings is 1. The van der Waals surface area contributed by atoms with Gasteiger partial charge in [-0.2, -0.15) is 18.4 Å². The van der Waals surface area contributed by atoms with Gasteiger partial charge in [0.05, 0.1) is 6.07 Å². The molecule has 0 spiro atoms. The first-order valence-electron chi connectivity index (χ1n) is 7.43. The number of allylic oxidation sites excluding steroid dienone is 2. The highest BCUT2D eigenvalue weighted by Gasteiger charge is 2.31. The van der Waals surface area contributed by atoms with Crippen molar-refractivity contribution in [1.29, 1.82) is 5.26 Å². The number of ketones is 1. The topological polar surface area (TPSA) is 40.9 Å². The number of unbranched alkanes of at least 4 members (excludes halogenated alkanes) is 1. The Morgan fingerprint density at radius 2 is 1.83 bits per heavy atom. The van der Waals surface area contributed by atoms with Gasteiger partial charge in [-0.25, -0.2) is 0 Å². The lowest BCUT2D eigenvalue weighted by atomic mass is 10.0. The van der Waals surface area contributed by atoms with Crippen molar-refractivity contribution in [3.05, 3.63) is 44.8 Å². The standard InChI is InChI=1S/C17H17BrF3NOS/c1-2-3-4-16(24-17(19,20)21)13(11-22)7-10-15(23)12-5-8-14(18)9-6-12/h5-6,8-9H,2-4,7,10H2,1H3/b16-13+. The van der Waals surface area contributed by atoms with Crippen molar-refractivity contribution in [3.63, 3.8) is 0 Å². The van der Waals surface area contributed by atoms with E-state index in [4.69, 9.17) is 0 Å². The first-order chi connectivity index (χ1) is 11.3. The highest BCUT2D eigenvalue weighted by atomic mass is 79.9. The second kappa shape index (κ2) is 9.90. The maximum absolute atomic E-state index is 12.7. The van der Waals surface area contributed by atoms with Crippen LogP contribution in [0.4, 0.5) is 13.2 Å². The number of Topliss-reactive ketones (excluding diaryl/α,β-unsaturated/α-hetero) is 1. The Labute approximate surface area is 152 Å². The number of thioether (sulfide) groups is 1. The molecule has 130 valence electrons. The minimum atomic E-state index is -4.43. The van der Waals surface area contributed by atoms with Crippen LogP contribution in [0.2, 0.25) is 0 Å². The van der Waals surface area contributed by atoms with E-state index in [1.54, 1.807) is 24.3 Å². The van der Waals surface area contributed by atoms with E-state index in [1.165, 1.54) is 0 Å². The Hall–Kier alpha value is -1.26. The van der Waals surface area contributed by atoms with Crippen molar-refractivity contribution in [3.8, 4) is 6.07 Å². The van der Waals surface area contributed by atoms with E-state index >= 15 is 0 Å². The quantitative estimate of drug-likeness (QED) is 0.350. The summed E-state index contributed by atoms with van der Waals surface area (Å²) in [7, 11) is 0. The predicted octanol–water partition coefficient (Wildman–Crippen LogP) is 6.63. The fourth-order valence-electron chi connectivity index (χ4n) is 2.02. The number of halogens is 4. The monoisotopic (exact) mass is 419 g/mol. The molecule has 0 aliphatic carbocycles. The van der Waals surface area contributed by atoms with Gasteiger partial charge in [0.25, 0.3) is 0 Å². The van der Waals surface area contributed by atoms with Gasteiger partial charge in [0.1, 0.15) is 0 Å². The van der Waals surface area contributed by atoms with Crippen LogP contribution in [-0.2, 0) is 0 Å². The van der Waals surface area contributed by atoms with E-state index < -0.39 is 5.51 Å². The summed E-state index contributed by atoms with van der Waals surface area (Å²) in [6, 6.07) is 8.58. The van der Waals surface area contributed by atoms with Crippen LogP contribution in [0.25, 0.3) is 0 Å². The minimum absolute atomic E-state index is 0.0125. The Kier molecular flexibility index (Phi) is 8.57. The first-order valence-corrected chi connectivity index (χ1v) is 9.04.